The number of hydrogen-bond acceptors (Lipinski definition) is 6. The van der Waals surface area contributed by atoms with Crippen LogP contribution in [0.2, 0.25) is 0 Å². The predicted molar refractivity (Wildman–Crippen MR) is 131 cm³/mol. The van der Waals surface area contributed by atoms with E-state index >= 15 is 0 Å². The molecule has 1 unspecified atom stereocenters. The van der Waals surface area contributed by atoms with Gasteiger partial charge in [0.2, 0.25) is 5.82 Å². The molecule has 0 fully saturated rings. The lowest BCUT2D eigenvalue weighted by atomic mass is 9.94. The van der Waals surface area contributed by atoms with Crippen molar-refractivity contribution in [3.05, 3.63) is 94.6 Å². The van der Waals surface area contributed by atoms with Crippen LogP contribution in [0.25, 0.3) is 16.3 Å². The summed E-state index contributed by atoms with van der Waals surface area (Å²) in [6.07, 6.45) is 0. The van der Waals surface area contributed by atoms with Crippen molar-refractivity contribution >= 4 is 22.9 Å². The Bertz CT molecular complexity index is 1370. The van der Waals surface area contributed by atoms with E-state index in [1.807, 2.05) is 55.6 Å². The van der Waals surface area contributed by atoms with Crippen LogP contribution in [0.3, 0.4) is 0 Å². The van der Waals surface area contributed by atoms with Gasteiger partial charge in [-0.05, 0) is 49.1 Å². The van der Waals surface area contributed by atoms with Crippen molar-refractivity contribution in [1.82, 2.24) is 20.4 Å². The Labute approximate surface area is 205 Å². The smallest absolute Gasteiger partial charge is 0.322 e. The standard InChI is InChI=1S/C26H23FN4O3S/c1-3-33-19-12-10-17(11-13-19)23-22(25-29-24(30-34-25)21-9-6-14-35-21)16(2)31(26(32)28-23)15-18-7-4-5-8-20(18)27/h4-14,23H,3,15H2,1-2H3,(H,28,32). The van der Waals surface area contributed by atoms with Gasteiger partial charge in [-0.1, -0.05) is 41.6 Å². The van der Waals surface area contributed by atoms with Crippen LogP contribution >= 0.6 is 11.3 Å². The Hall–Kier alpha value is -3.98. The first kappa shape index (κ1) is 22.8. The van der Waals surface area contributed by atoms with Gasteiger partial charge in [-0.3, -0.25) is 4.90 Å². The molecule has 0 bridgehead atoms. The number of amides is 2. The SMILES string of the molecule is CCOc1ccc(C2NC(=O)N(Cc3ccccc3F)C(C)=C2c2nc(-c3cccs3)no2)cc1. The first-order chi connectivity index (χ1) is 17.0. The number of urea groups is 1. The number of nitrogens with one attached hydrogen (secondary N) is 1. The average Bonchev–Trinajstić information content (AvgIpc) is 3.56. The first-order valence-electron chi connectivity index (χ1n) is 11.2. The van der Waals surface area contributed by atoms with Crippen LogP contribution in [0.15, 0.2) is 76.3 Å². The van der Waals surface area contributed by atoms with E-state index < -0.39 is 6.04 Å². The van der Waals surface area contributed by atoms with Gasteiger partial charge in [0.1, 0.15) is 11.6 Å². The number of nitrogens with zero attached hydrogens (tertiary/aromatic N) is 3. The van der Waals surface area contributed by atoms with E-state index in [1.165, 1.54) is 22.3 Å². The number of ether oxygens (including phenoxy) is 1. The number of aromatic nitrogens is 2. The fraction of sp³-hybridized carbons (Fsp3) is 0.192. The molecular formula is C26H23FN4O3S. The monoisotopic (exact) mass is 490 g/mol. The Kier molecular flexibility index (Phi) is 6.33. The number of thiophene rings is 1. The maximum absolute atomic E-state index is 14.4. The number of hydrogen-bond donors (Lipinski definition) is 1. The second-order valence-electron chi connectivity index (χ2n) is 7.96. The zero-order valence-corrected chi connectivity index (χ0v) is 20.0. The highest BCUT2D eigenvalue weighted by Gasteiger charge is 2.36. The van der Waals surface area contributed by atoms with Crippen molar-refractivity contribution in [3.8, 4) is 16.5 Å². The maximum Gasteiger partial charge on any atom is 0.322 e. The summed E-state index contributed by atoms with van der Waals surface area (Å²) in [5.41, 5.74) is 2.50. The van der Waals surface area contributed by atoms with E-state index in [1.54, 1.807) is 18.2 Å². The summed E-state index contributed by atoms with van der Waals surface area (Å²) in [6.45, 7) is 4.36. The minimum Gasteiger partial charge on any atom is -0.494 e. The van der Waals surface area contributed by atoms with E-state index in [-0.39, 0.29) is 18.4 Å². The number of carbonyl (C=O) groups excluding carboxylic acids is 1. The number of carbonyl (C=O) groups is 1. The minimum absolute atomic E-state index is 0.0652. The Balaban J connectivity index is 1.58. The van der Waals surface area contributed by atoms with Crippen molar-refractivity contribution in [3.63, 3.8) is 0 Å². The lowest BCUT2D eigenvalue weighted by Crippen LogP contribution is -2.45. The summed E-state index contributed by atoms with van der Waals surface area (Å²) >= 11 is 1.51. The van der Waals surface area contributed by atoms with Gasteiger partial charge >= 0.3 is 6.03 Å². The van der Waals surface area contributed by atoms with Gasteiger partial charge in [0, 0.05) is 11.3 Å². The molecule has 9 heteroatoms. The molecule has 2 amide bonds. The maximum atomic E-state index is 14.4. The molecule has 3 heterocycles. The third-order valence-corrected chi connectivity index (χ3v) is 6.67. The molecule has 2 aromatic heterocycles. The van der Waals surface area contributed by atoms with E-state index in [0.717, 1.165) is 16.2 Å². The molecule has 1 N–H and O–H groups in total. The van der Waals surface area contributed by atoms with E-state index in [9.17, 15) is 9.18 Å². The molecule has 1 aliphatic rings. The Morgan fingerprint density at radius 1 is 1.14 bits per heavy atom. The van der Waals surface area contributed by atoms with Gasteiger partial charge in [-0.2, -0.15) is 4.98 Å². The van der Waals surface area contributed by atoms with Crippen LogP contribution in [0.5, 0.6) is 5.75 Å². The molecule has 1 aliphatic heterocycles. The van der Waals surface area contributed by atoms with Crippen molar-refractivity contribution in [2.24, 2.45) is 0 Å². The van der Waals surface area contributed by atoms with Gasteiger partial charge in [0.15, 0.2) is 0 Å². The van der Waals surface area contributed by atoms with Gasteiger partial charge in [0.25, 0.3) is 5.89 Å². The Morgan fingerprint density at radius 3 is 2.66 bits per heavy atom. The summed E-state index contributed by atoms with van der Waals surface area (Å²) in [7, 11) is 0. The molecule has 0 aliphatic carbocycles. The highest BCUT2D eigenvalue weighted by atomic mass is 32.1. The van der Waals surface area contributed by atoms with Gasteiger partial charge < -0.3 is 14.6 Å². The molecule has 0 radical (unpaired) electrons. The fourth-order valence-corrected chi connectivity index (χ4v) is 4.71. The summed E-state index contributed by atoms with van der Waals surface area (Å²) < 4.78 is 25.6. The zero-order chi connectivity index (χ0) is 24.4. The second-order valence-corrected chi connectivity index (χ2v) is 8.91. The molecule has 5 rings (SSSR count). The fourth-order valence-electron chi connectivity index (χ4n) is 4.06. The lowest BCUT2D eigenvalue weighted by molar-refractivity contribution is 0.202. The van der Waals surface area contributed by atoms with Crippen LogP contribution < -0.4 is 10.1 Å². The van der Waals surface area contributed by atoms with Crippen molar-refractivity contribution in [2.45, 2.75) is 26.4 Å². The van der Waals surface area contributed by atoms with Crippen molar-refractivity contribution in [1.29, 1.82) is 0 Å². The van der Waals surface area contributed by atoms with Gasteiger partial charge in [-0.15, -0.1) is 11.3 Å². The van der Waals surface area contributed by atoms with Crippen LogP contribution in [0, 0.1) is 5.82 Å². The topological polar surface area (TPSA) is 80.5 Å². The molecule has 0 spiro atoms. The molecule has 0 saturated heterocycles. The van der Waals surface area contributed by atoms with Crippen LogP contribution in [0.4, 0.5) is 9.18 Å². The quantitative estimate of drug-likeness (QED) is 0.342. The van der Waals surface area contributed by atoms with Gasteiger partial charge in [0.05, 0.1) is 29.6 Å². The van der Waals surface area contributed by atoms with E-state index in [4.69, 9.17) is 9.26 Å². The predicted octanol–water partition coefficient (Wildman–Crippen LogP) is 6.03. The van der Waals surface area contributed by atoms with Crippen molar-refractivity contribution in [2.75, 3.05) is 6.61 Å². The van der Waals surface area contributed by atoms with Crippen LogP contribution in [0.1, 0.15) is 36.9 Å². The molecule has 1 atom stereocenters. The average molecular weight is 491 g/mol. The first-order valence-corrected chi connectivity index (χ1v) is 12.1. The zero-order valence-electron chi connectivity index (χ0n) is 19.2. The van der Waals surface area contributed by atoms with E-state index in [0.29, 0.717) is 35.2 Å². The summed E-state index contributed by atoms with van der Waals surface area (Å²) in [4.78, 5) is 20.2. The third-order valence-electron chi connectivity index (χ3n) is 5.81. The summed E-state index contributed by atoms with van der Waals surface area (Å²) in [6, 6.07) is 16.9. The number of benzene rings is 2. The molecule has 0 saturated carbocycles. The minimum atomic E-state index is -0.535. The second kappa shape index (κ2) is 9.71. The molecule has 178 valence electrons. The highest BCUT2D eigenvalue weighted by Crippen LogP contribution is 2.38. The van der Waals surface area contributed by atoms with Crippen LogP contribution in [-0.4, -0.2) is 27.7 Å². The van der Waals surface area contributed by atoms with E-state index in [2.05, 4.69) is 15.5 Å². The molecule has 35 heavy (non-hydrogen) atoms. The lowest BCUT2D eigenvalue weighted by Gasteiger charge is -2.35. The molecule has 7 nitrogen and oxygen atoms in total. The summed E-state index contributed by atoms with van der Waals surface area (Å²) in [5, 5.41) is 9.13. The normalized spacial score (nSPS) is 15.9. The third kappa shape index (κ3) is 4.54. The summed E-state index contributed by atoms with van der Waals surface area (Å²) in [5.74, 6) is 1.13. The van der Waals surface area contributed by atoms with Gasteiger partial charge in [-0.25, -0.2) is 9.18 Å². The highest BCUT2D eigenvalue weighted by molar-refractivity contribution is 7.13. The largest absolute Gasteiger partial charge is 0.494 e. The number of rotatable bonds is 7. The molecule has 4 aromatic rings. The van der Waals surface area contributed by atoms with Crippen molar-refractivity contribution < 1.29 is 18.4 Å². The number of allylic oxidation sites excluding steroid dienone is 1. The molecule has 2 aromatic carbocycles. The Morgan fingerprint density at radius 2 is 1.94 bits per heavy atom. The number of halogens is 1. The van der Waals surface area contributed by atoms with Crippen LogP contribution in [-0.2, 0) is 6.54 Å². The molecular weight excluding hydrogens is 467 g/mol.